The van der Waals surface area contributed by atoms with Crippen LogP contribution in [0.4, 0.5) is 4.79 Å². The summed E-state index contributed by atoms with van der Waals surface area (Å²) in [7, 11) is 0. The van der Waals surface area contributed by atoms with Crippen LogP contribution in [0.2, 0.25) is 0 Å². The van der Waals surface area contributed by atoms with Crippen molar-refractivity contribution >= 4 is 6.03 Å². The van der Waals surface area contributed by atoms with Gasteiger partial charge in [0.25, 0.3) is 0 Å². The van der Waals surface area contributed by atoms with Gasteiger partial charge in [-0.1, -0.05) is 30.3 Å². The lowest BCUT2D eigenvalue weighted by Gasteiger charge is -2.16. The Labute approximate surface area is 187 Å². The summed E-state index contributed by atoms with van der Waals surface area (Å²) in [6, 6.07) is 22.8. The number of carbonyl (C=O) groups excluding carboxylic acids is 1. The number of ether oxygens (including phenoxy) is 1. The summed E-state index contributed by atoms with van der Waals surface area (Å²) in [6.45, 7) is 2.75. The van der Waals surface area contributed by atoms with E-state index in [0.29, 0.717) is 13.2 Å². The number of carbonyl (C=O) groups is 1. The third-order valence-electron chi connectivity index (χ3n) is 4.95. The van der Waals surface area contributed by atoms with E-state index in [4.69, 9.17) is 4.74 Å². The van der Waals surface area contributed by atoms with Crippen LogP contribution in [0.25, 0.3) is 5.69 Å². The van der Waals surface area contributed by atoms with Crippen LogP contribution in [-0.2, 0) is 13.2 Å². The monoisotopic (exact) mass is 427 g/mol. The standard InChI is InChI=1S/C25H25N5O2/c1-19(21-8-5-11-24(16-21)32-18-22-9-2-3-12-26-22)29-25(31)27-17-20-7-4-10-23(15-20)30-14-6-13-28-30/h2-16,19H,17-18H2,1H3,(H2,27,29,31). The largest absolute Gasteiger partial charge is 0.487 e. The van der Waals surface area contributed by atoms with Crippen molar-refractivity contribution in [2.75, 3.05) is 0 Å². The van der Waals surface area contributed by atoms with E-state index in [2.05, 4.69) is 20.7 Å². The first kappa shape index (κ1) is 21.1. The molecular weight excluding hydrogens is 402 g/mol. The van der Waals surface area contributed by atoms with Crippen LogP contribution in [0, 0.1) is 0 Å². The van der Waals surface area contributed by atoms with Crippen LogP contribution in [0.1, 0.15) is 29.8 Å². The molecule has 2 N–H and O–H groups in total. The van der Waals surface area contributed by atoms with E-state index in [1.54, 1.807) is 17.1 Å². The van der Waals surface area contributed by atoms with Crippen LogP contribution in [0.3, 0.4) is 0 Å². The fourth-order valence-electron chi connectivity index (χ4n) is 3.26. The molecule has 0 radical (unpaired) electrons. The first-order valence-electron chi connectivity index (χ1n) is 10.4. The Morgan fingerprint density at radius 3 is 2.75 bits per heavy atom. The van der Waals surface area contributed by atoms with Crippen LogP contribution in [-0.4, -0.2) is 20.8 Å². The SMILES string of the molecule is CC(NC(=O)NCc1cccc(-n2cccn2)c1)c1cccc(OCc2ccccn2)c1. The highest BCUT2D eigenvalue weighted by atomic mass is 16.5. The first-order chi connectivity index (χ1) is 15.7. The van der Waals surface area contributed by atoms with Gasteiger partial charge in [-0.25, -0.2) is 9.48 Å². The molecule has 162 valence electrons. The van der Waals surface area contributed by atoms with Gasteiger partial charge in [-0.2, -0.15) is 5.10 Å². The molecule has 2 heterocycles. The Hall–Kier alpha value is -4.13. The van der Waals surface area contributed by atoms with Crippen molar-refractivity contribution in [3.05, 3.63) is 108 Å². The minimum Gasteiger partial charge on any atom is -0.487 e. The number of nitrogens with zero attached hydrogens (tertiary/aromatic N) is 3. The number of aromatic nitrogens is 3. The minimum atomic E-state index is -0.234. The fourth-order valence-corrected chi connectivity index (χ4v) is 3.26. The summed E-state index contributed by atoms with van der Waals surface area (Å²) in [5, 5.41) is 10.1. The molecular formula is C25H25N5O2. The zero-order chi connectivity index (χ0) is 22.2. The third-order valence-corrected chi connectivity index (χ3v) is 4.95. The Morgan fingerprint density at radius 2 is 1.94 bits per heavy atom. The molecule has 0 saturated heterocycles. The second-order valence-electron chi connectivity index (χ2n) is 7.35. The summed E-state index contributed by atoms with van der Waals surface area (Å²) in [5.74, 6) is 0.734. The average Bonchev–Trinajstić information content (AvgIpc) is 3.38. The number of nitrogens with one attached hydrogen (secondary N) is 2. The highest BCUT2D eigenvalue weighted by molar-refractivity contribution is 5.74. The molecule has 2 aromatic heterocycles. The lowest BCUT2D eigenvalue weighted by atomic mass is 10.1. The lowest BCUT2D eigenvalue weighted by Crippen LogP contribution is -2.36. The molecule has 32 heavy (non-hydrogen) atoms. The Kier molecular flexibility index (Phi) is 6.77. The van der Waals surface area contributed by atoms with Gasteiger partial charge >= 0.3 is 6.03 Å². The maximum atomic E-state index is 12.4. The number of hydrogen-bond donors (Lipinski definition) is 2. The highest BCUT2D eigenvalue weighted by Crippen LogP contribution is 2.20. The van der Waals surface area contributed by atoms with Crippen LogP contribution in [0.15, 0.2) is 91.4 Å². The number of hydrogen-bond acceptors (Lipinski definition) is 4. The van der Waals surface area contributed by atoms with Crippen molar-refractivity contribution in [1.82, 2.24) is 25.4 Å². The van der Waals surface area contributed by atoms with Gasteiger partial charge in [0.15, 0.2) is 0 Å². The molecule has 7 nitrogen and oxygen atoms in total. The molecule has 4 aromatic rings. The quantitative estimate of drug-likeness (QED) is 0.437. The number of rotatable bonds is 8. The Balaban J connectivity index is 1.29. The number of pyridine rings is 1. The predicted molar refractivity (Wildman–Crippen MR) is 122 cm³/mol. The van der Waals surface area contributed by atoms with Crippen molar-refractivity contribution in [1.29, 1.82) is 0 Å². The molecule has 2 aromatic carbocycles. The zero-order valence-corrected chi connectivity index (χ0v) is 17.8. The van der Waals surface area contributed by atoms with Gasteiger partial charge in [-0.15, -0.1) is 0 Å². The zero-order valence-electron chi connectivity index (χ0n) is 17.8. The van der Waals surface area contributed by atoms with E-state index in [9.17, 15) is 4.79 Å². The maximum Gasteiger partial charge on any atom is 0.315 e. The Morgan fingerprint density at radius 1 is 1.03 bits per heavy atom. The maximum absolute atomic E-state index is 12.4. The van der Waals surface area contributed by atoms with Crippen LogP contribution < -0.4 is 15.4 Å². The molecule has 0 aliphatic heterocycles. The van der Waals surface area contributed by atoms with Gasteiger partial charge in [0, 0.05) is 25.1 Å². The smallest absolute Gasteiger partial charge is 0.315 e. The topological polar surface area (TPSA) is 81.1 Å². The second kappa shape index (κ2) is 10.3. The van der Waals surface area contributed by atoms with E-state index in [-0.39, 0.29) is 12.1 Å². The summed E-state index contributed by atoms with van der Waals surface area (Å²) >= 11 is 0. The van der Waals surface area contributed by atoms with Gasteiger partial charge in [0.2, 0.25) is 0 Å². The molecule has 0 saturated carbocycles. The lowest BCUT2D eigenvalue weighted by molar-refractivity contribution is 0.237. The molecule has 2 amide bonds. The summed E-state index contributed by atoms with van der Waals surface area (Å²) in [6.07, 6.45) is 5.36. The van der Waals surface area contributed by atoms with Gasteiger partial charge < -0.3 is 15.4 Å². The summed E-state index contributed by atoms with van der Waals surface area (Å²) in [5.41, 5.74) is 3.76. The highest BCUT2D eigenvalue weighted by Gasteiger charge is 2.10. The van der Waals surface area contributed by atoms with Gasteiger partial charge in [-0.05, 0) is 60.5 Å². The van der Waals surface area contributed by atoms with Gasteiger partial charge in [-0.3, -0.25) is 4.98 Å². The summed E-state index contributed by atoms with van der Waals surface area (Å²) in [4.78, 5) is 16.7. The number of amides is 2. The summed E-state index contributed by atoms with van der Waals surface area (Å²) < 4.78 is 7.62. The average molecular weight is 428 g/mol. The molecule has 0 spiro atoms. The molecule has 0 fully saturated rings. The van der Waals surface area contributed by atoms with Crippen molar-refractivity contribution < 1.29 is 9.53 Å². The molecule has 0 aliphatic carbocycles. The predicted octanol–water partition coefficient (Wildman–Crippen LogP) is 4.41. The van der Waals surface area contributed by atoms with E-state index in [1.165, 1.54) is 0 Å². The molecule has 4 rings (SSSR count). The molecule has 7 heteroatoms. The van der Waals surface area contributed by atoms with Gasteiger partial charge in [0.05, 0.1) is 17.4 Å². The number of urea groups is 1. The normalized spacial score (nSPS) is 11.5. The molecule has 0 bridgehead atoms. The van der Waals surface area contributed by atoms with E-state index < -0.39 is 0 Å². The Bertz CT molecular complexity index is 1150. The van der Waals surface area contributed by atoms with E-state index >= 15 is 0 Å². The molecule has 0 aliphatic rings. The van der Waals surface area contributed by atoms with Crippen molar-refractivity contribution in [3.8, 4) is 11.4 Å². The fraction of sp³-hybridized carbons (Fsp3) is 0.160. The minimum absolute atomic E-state index is 0.177. The molecule has 1 atom stereocenters. The third kappa shape index (κ3) is 5.72. The van der Waals surface area contributed by atoms with Crippen molar-refractivity contribution in [2.24, 2.45) is 0 Å². The van der Waals surface area contributed by atoms with E-state index in [1.807, 2.05) is 85.9 Å². The van der Waals surface area contributed by atoms with Crippen molar-refractivity contribution in [2.45, 2.75) is 26.1 Å². The first-order valence-corrected chi connectivity index (χ1v) is 10.4. The van der Waals surface area contributed by atoms with Crippen molar-refractivity contribution in [3.63, 3.8) is 0 Å². The second-order valence-corrected chi connectivity index (χ2v) is 7.35. The van der Waals surface area contributed by atoms with E-state index in [0.717, 1.165) is 28.3 Å². The van der Waals surface area contributed by atoms with Crippen LogP contribution in [0.5, 0.6) is 5.75 Å². The number of benzene rings is 2. The van der Waals surface area contributed by atoms with Crippen LogP contribution >= 0.6 is 0 Å². The van der Waals surface area contributed by atoms with Gasteiger partial charge in [0.1, 0.15) is 12.4 Å². The molecule has 1 unspecified atom stereocenters.